The highest BCUT2D eigenvalue weighted by Gasteiger charge is 2.21. The van der Waals surface area contributed by atoms with Crippen molar-refractivity contribution in [2.45, 2.75) is 6.04 Å². The predicted molar refractivity (Wildman–Crippen MR) is 135 cm³/mol. The minimum absolute atomic E-state index is 0.209. The maximum absolute atomic E-state index is 13.5. The maximum Gasteiger partial charge on any atom is 0.252 e. The molecule has 0 fully saturated rings. The highest BCUT2D eigenvalue weighted by atomic mass is 35.5. The first kappa shape index (κ1) is 21.7. The number of hydrogen-bond donors (Lipinski definition) is 1. The quantitative estimate of drug-likeness (QED) is 0.289. The molecule has 166 valence electrons. The van der Waals surface area contributed by atoms with Gasteiger partial charge in [0.15, 0.2) is 5.76 Å². The van der Waals surface area contributed by atoms with Gasteiger partial charge in [0.25, 0.3) is 5.91 Å². The molecule has 0 bridgehead atoms. The molecule has 1 aromatic heterocycles. The van der Waals surface area contributed by atoms with Gasteiger partial charge in [-0.2, -0.15) is 0 Å². The first-order chi connectivity index (χ1) is 16.7. The zero-order valence-corrected chi connectivity index (χ0v) is 18.9. The van der Waals surface area contributed by atoms with Gasteiger partial charge in [-0.05, 0) is 47.5 Å². The van der Waals surface area contributed by atoms with Gasteiger partial charge in [-0.1, -0.05) is 84.4 Å². The lowest BCUT2D eigenvalue weighted by molar-refractivity contribution is 0.0943. The van der Waals surface area contributed by atoms with E-state index >= 15 is 0 Å². The van der Waals surface area contributed by atoms with Crippen molar-refractivity contribution < 1.29 is 9.21 Å². The number of carbonyl (C=O) groups is 1. The molecule has 5 rings (SSSR count). The molecule has 5 aromatic rings. The second kappa shape index (κ2) is 9.77. The van der Waals surface area contributed by atoms with Crippen LogP contribution in [0.25, 0.3) is 22.8 Å². The lowest BCUT2D eigenvalue weighted by atomic mass is 9.97. The van der Waals surface area contributed by atoms with Gasteiger partial charge < -0.3 is 9.73 Å². The second-order valence-electron chi connectivity index (χ2n) is 7.81. The Balaban J connectivity index is 1.47. The van der Waals surface area contributed by atoms with Gasteiger partial charge in [-0.25, -0.2) is 4.98 Å². The molecule has 4 aromatic carbocycles. The number of amides is 1. The van der Waals surface area contributed by atoms with Crippen molar-refractivity contribution in [1.82, 2.24) is 10.3 Å². The molecule has 0 radical (unpaired) electrons. The highest BCUT2D eigenvalue weighted by molar-refractivity contribution is 6.30. The molecule has 0 saturated heterocycles. The van der Waals surface area contributed by atoms with Crippen LogP contribution in [0.4, 0.5) is 0 Å². The molecule has 0 aliphatic heterocycles. The Morgan fingerprint density at radius 3 is 2.00 bits per heavy atom. The van der Waals surface area contributed by atoms with Crippen LogP contribution in [-0.4, -0.2) is 10.9 Å². The number of aromatic nitrogens is 1. The summed E-state index contributed by atoms with van der Waals surface area (Å²) in [6, 6.07) is 34.2. The molecule has 1 heterocycles. The summed E-state index contributed by atoms with van der Waals surface area (Å²) < 4.78 is 6.03. The molecular formula is C29H21ClN2O2. The number of halogens is 1. The van der Waals surface area contributed by atoms with Gasteiger partial charge in [0.2, 0.25) is 5.89 Å². The summed E-state index contributed by atoms with van der Waals surface area (Å²) in [5, 5.41) is 3.85. The zero-order chi connectivity index (χ0) is 23.3. The SMILES string of the molecule is O=C(NC(c1ccccc1)c1ccccc1)c1ccccc1-c1ncc(-c2ccc(Cl)cc2)o1. The van der Waals surface area contributed by atoms with Crippen LogP contribution < -0.4 is 5.32 Å². The van der Waals surface area contributed by atoms with Gasteiger partial charge >= 0.3 is 0 Å². The molecule has 0 spiro atoms. The Kier molecular flexibility index (Phi) is 6.23. The van der Waals surface area contributed by atoms with Crippen LogP contribution in [0.1, 0.15) is 27.5 Å². The van der Waals surface area contributed by atoms with Crippen LogP contribution in [0, 0.1) is 0 Å². The number of benzene rings is 4. The van der Waals surface area contributed by atoms with Crippen LogP contribution >= 0.6 is 11.6 Å². The first-order valence-corrected chi connectivity index (χ1v) is 11.3. The van der Waals surface area contributed by atoms with E-state index in [0.717, 1.165) is 16.7 Å². The number of nitrogens with one attached hydrogen (secondary N) is 1. The van der Waals surface area contributed by atoms with E-state index in [4.69, 9.17) is 16.0 Å². The minimum atomic E-state index is -0.294. The molecular weight excluding hydrogens is 444 g/mol. The molecule has 1 N–H and O–H groups in total. The summed E-state index contributed by atoms with van der Waals surface area (Å²) >= 11 is 6.00. The molecule has 0 saturated carbocycles. The number of nitrogens with zero attached hydrogens (tertiary/aromatic N) is 1. The average molecular weight is 465 g/mol. The molecule has 34 heavy (non-hydrogen) atoms. The van der Waals surface area contributed by atoms with Gasteiger partial charge in [0.05, 0.1) is 17.8 Å². The van der Waals surface area contributed by atoms with Crippen molar-refractivity contribution in [3.05, 3.63) is 137 Å². The highest BCUT2D eigenvalue weighted by Crippen LogP contribution is 2.30. The Hall–Kier alpha value is -4.15. The smallest absolute Gasteiger partial charge is 0.252 e. The van der Waals surface area contributed by atoms with Crippen LogP contribution in [0.5, 0.6) is 0 Å². The van der Waals surface area contributed by atoms with Gasteiger partial charge in [-0.15, -0.1) is 0 Å². The molecule has 1 amide bonds. The van der Waals surface area contributed by atoms with E-state index in [1.54, 1.807) is 24.4 Å². The summed E-state index contributed by atoms with van der Waals surface area (Å²) in [4.78, 5) is 18.0. The molecule has 4 nitrogen and oxygen atoms in total. The van der Waals surface area contributed by atoms with Crippen LogP contribution in [-0.2, 0) is 0 Å². The fourth-order valence-corrected chi connectivity index (χ4v) is 4.00. The fraction of sp³-hybridized carbons (Fsp3) is 0.0345. The number of oxazole rings is 1. The van der Waals surface area contributed by atoms with Crippen molar-refractivity contribution >= 4 is 17.5 Å². The largest absolute Gasteiger partial charge is 0.436 e. The minimum Gasteiger partial charge on any atom is -0.436 e. The van der Waals surface area contributed by atoms with E-state index in [0.29, 0.717) is 27.8 Å². The van der Waals surface area contributed by atoms with Crippen LogP contribution in [0.2, 0.25) is 5.02 Å². The molecule has 0 atom stereocenters. The normalized spacial score (nSPS) is 10.9. The van der Waals surface area contributed by atoms with Crippen molar-refractivity contribution in [3.8, 4) is 22.8 Å². The summed E-state index contributed by atoms with van der Waals surface area (Å²) in [6.45, 7) is 0. The molecule has 0 unspecified atom stereocenters. The molecule has 0 aliphatic rings. The maximum atomic E-state index is 13.5. The Labute approximate surface area is 202 Å². The summed E-state index contributed by atoms with van der Waals surface area (Å²) in [5.74, 6) is 0.777. The standard InChI is InChI=1S/C29H21ClN2O2/c30-23-17-15-20(16-18-23)26-19-31-29(34-26)25-14-8-7-13-24(25)28(33)32-27(21-9-3-1-4-10-21)22-11-5-2-6-12-22/h1-19,27H,(H,32,33). The van der Waals surface area contributed by atoms with Gasteiger partial charge in [0, 0.05) is 16.1 Å². The van der Waals surface area contributed by atoms with Gasteiger partial charge in [-0.3, -0.25) is 4.79 Å². The summed E-state index contributed by atoms with van der Waals surface area (Å²) in [7, 11) is 0. The second-order valence-corrected chi connectivity index (χ2v) is 8.25. The van der Waals surface area contributed by atoms with Crippen molar-refractivity contribution in [1.29, 1.82) is 0 Å². The van der Waals surface area contributed by atoms with Crippen LogP contribution in [0.3, 0.4) is 0 Å². The predicted octanol–water partition coefficient (Wildman–Crippen LogP) is 7.18. The monoisotopic (exact) mass is 464 g/mol. The van der Waals surface area contributed by atoms with E-state index in [1.165, 1.54) is 0 Å². The van der Waals surface area contributed by atoms with Gasteiger partial charge in [0.1, 0.15) is 0 Å². The zero-order valence-electron chi connectivity index (χ0n) is 18.2. The lowest BCUT2D eigenvalue weighted by Crippen LogP contribution is -2.29. The van der Waals surface area contributed by atoms with Crippen molar-refractivity contribution in [2.24, 2.45) is 0 Å². The average Bonchev–Trinajstić information content (AvgIpc) is 3.39. The van der Waals surface area contributed by atoms with E-state index in [1.807, 2.05) is 91.0 Å². The third-order valence-corrected chi connectivity index (χ3v) is 5.83. The summed E-state index contributed by atoms with van der Waals surface area (Å²) in [5.41, 5.74) is 3.98. The Morgan fingerprint density at radius 2 is 1.35 bits per heavy atom. The van der Waals surface area contributed by atoms with Crippen molar-refractivity contribution in [3.63, 3.8) is 0 Å². The Bertz CT molecular complexity index is 1360. The topological polar surface area (TPSA) is 55.1 Å². The van der Waals surface area contributed by atoms with E-state index < -0.39 is 0 Å². The Morgan fingerprint density at radius 1 is 0.765 bits per heavy atom. The summed E-state index contributed by atoms with van der Waals surface area (Å²) in [6.07, 6.45) is 1.66. The van der Waals surface area contributed by atoms with Crippen molar-refractivity contribution in [2.75, 3.05) is 0 Å². The van der Waals surface area contributed by atoms with E-state index in [-0.39, 0.29) is 11.9 Å². The first-order valence-electron chi connectivity index (χ1n) is 10.9. The number of rotatable bonds is 6. The fourth-order valence-electron chi connectivity index (χ4n) is 3.87. The van der Waals surface area contributed by atoms with E-state index in [2.05, 4.69) is 10.3 Å². The van der Waals surface area contributed by atoms with E-state index in [9.17, 15) is 4.79 Å². The van der Waals surface area contributed by atoms with Crippen LogP contribution in [0.15, 0.2) is 120 Å². The third-order valence-electron chi connectivity index (χ3n) is 5.58. The lowest BCUT2D eigenvalue weighted by Gasteiger charge is -2.20. The molecule has 0 aliphatic carbocycles. The third kappa shape index (κ3) is 4.63. The number of carbonyl (C=O) groups excluding carboxylic acids is 1. The number of hydrogen-bond acceptors (Lipinski definition) is 3. The molecule has 5 heteroatoms.